The second-order valence-electron chi connectivity index (χ2n) is 3.89. The number of aromatic hydroxyl groups is 1. The highest BCUT2D eigenvalue weighted by Gasteiger charge is 2.22. The van der Waals surface area contributed by atoms with Gasteiger partial charge in [-0.2, -0.15) is 0 Å². The number of phenolic OH excluding ortho intramolecular Hbond substituents is 1. The van der Waals surface area contributed by atoms with E-state index in [4.69, 9.17) is 27.9 Å². The maximum absolute atomic E-state index is 9.86. The average Bonchev–Trinajstić information content (AvgIpc) is 2.23. The van der Waals surface area contributed by atoms with Crippen LogP contribution in [0.4, 0.5) is 0 Å². The molecule has 1 atom stereocenters. The molecule has 0 aliphatic carbocycles. The lowest BCUT2D eigenvalue weighted by Crippen LogP contribution is -2.13. The third-order valence-electron chi connectivity index (χ3n) is 2.65. The van der Waals surface area contributed by atoms with E-state index in [1.165, 1.54) is 6.07 Å². The van der Waals surface area contributed by atoms with Crippen LogP contribution in [0, 0.1) is 0 Å². The predicted molar refractivity (Wildman–Crippen MR) is 65.2 cm³/mol. The van der Waals surface area contributed by atoms with Gasteiger partial charge in [0.2, 0.25) is 0 Å². The second kappa shape index (κ2) is 4.66. The van der Waals surface area contributed by atoms with Gasteiger partial charge in [-0.15, -0.1) is 0 Å². The van der Waals surface area contributed by atoms with Crippen LogP contribution in [0.2, 0.25) is 10.0 Å². The summed E-state index contributed by atoms with van der Waals surface area (Å²) in [7, 11) is 0. The Balaban J connectivity index is 2.35. The summed E-state index contributed by atoms with van der Waals surface area (Å²) in [6, 6.07) is 3.20. The van der Waals surface area contributed by atoms with Gasteiger partial charge < -0.3 is 9.84 Å². The first-order valence-electron chi connectivity index (χ1n) is 5.04. The first-order chi connectivity index (χ1) is 7.58. The summed E-state index contributed by atoms with van der Waals surface area (Å²) in [6.07, 6.45) is 1.37. The number of ether oxygens (including phenoxy) is 1. The Labute approximate surface area is 104 Å². The van der Waals surface area contributed by atoms with Gasteiger partial charge in [0.25, 0.3) is 0 Å². The largest absolute Gasteiger partial charge is 0.506 e. The van der Waals surface area contributed by atoms with Gasteiger partial charge in [0.1, 0.15) is 5.75 Å². The van der Waals surface area contributed by atoms with E-state index in [2.05, 4.69) is 6.58 Å². The van der Waals surface area contributed by atoms with Crippen LogP contribution in [0.15, 0.2) is 24.3 Å². The zero-order valence-corrected chi connectivity index (χ0v) is 10.2. The van der Waals surface area contributed by atoms with Gasteiger partial charge in [-0.05, 0) is 25.0 Å². The van der Waals surface area contributed by atoms with Gasteiger partial charge in [-0.25, -0.2) is 0 Å². The maximum Gasteiger partial charge on any atom is 0.140 e. The fraction of sp³-hybridized carbons (Fsp3) is 0.333. The highest BCUT2D eigenvalue weighted by molar-refractivity contribution is 6.35. The van der Waals surface area contributed by atoms with Crippen molar-refractivity contribution in [1.82, 2.24) is 0 Å². The molecule has 2 nitrogen and oxygen atoms in total. The van der Waals surface area contributed by atoms with Crippen molar-refractivity contribution in [3.05, 3.63) is 39.9 Å². The van der Waals surface area contributed by atoms with E-state index < -0.39 is 0 Å². The molecule has 16 heavy (non-hydrogen) atoms. The SMILES string of the molecule is C=C1CCOC(c2cc(Cl)cc(Cl)c2O)C1. The molecule has 1 heterocycles. The summed E-state index contributed by atoms with van der Waals surface area (Å²) in [4.78, 5) is 0. The normalized spacial score (nSPS) is 21.1. The summed E-state index contributed by atoms with van der Waals surface area (Å²) >= 11 is 11.8. The Morgan fingerprint density at radius 3 is 2.81 bits per heavy atom. The smallest absolute Gasteiger partial charge is 0.140 e. The summed E-state index contributed by atoms with van der Waals surface area (Å²) < 4.78 is 5.59. The van der Waals surface area contributed by atoms with Crippen molar-refractivity contribution in [2.24, 2.45) is 0 Å². The zero-order chi connectivity index (χ0) is 11.7. The first-order valence-corrected chi connectivity index (χ1v) is 5.79. The van der Waals surface area contributed by atoms with Crippen LogP contribution in [0.25, 0.3) is 0 Å². The molecule has 0 spiro atoms. The van der Waals surface area contributed by atoms with E-state index in [-0.39, 0.29) is 16.9 Å². The Morgan fingerprint density at radius 2 is 2.12 bits per heavy atom. The van der Waals surface area contributed by atoms with Crippen molar-refractivity contribution < 1.29 is 9.84 Å². The molecule has 0 amide bonds. The van der Waals surface area contributed by atoms with E-state index in [1.54, 1.807) is 6.07 Å². The zero-order valence-electron chi connectivity index (χ0n) is 8.67. The monoisotopic (exact) mass is 258 g/mol. The van der Waals surface area contributed by atoms with Crippen LogP contribution in [0.5, 0.6) is 5.75 Å². The van der Waals surface area contributed by atoms with E-state index >= 15 is 0 Å². The molecule has 86 valence electrons. The lowest BCUT2D eigenvalue weighted by atomic mass is 9.97. The summed E-state index contributed by atoms with van der Waals surface area (Å²) in [5, 5.41) is 10.6. The number of hydrogen-bond acceptors (Lipinski definition) is 2. The van der Waals surface area contributed by atoms with Crippen molar-refractivity contribution >= 4 is 23.2 Å². The minimum absolute atomic E-state index is 0.0470. The van der Waals surface area contributed by atoms with Gasteiger partial charge in [0.15, 0.2) is 0 Å². The summed E-state index contributed by atoms with van der Waals surface area (Å²) in [6.45, 7) is 4.55. The van der Waals surface area contributed by atoms with Crippen LogP contribution in [0.3, 0.4) is 0 Å². The summed E-state index contributed by atoms with van der Waals surface area (Å²) in [5.74, 6) is 0.0470. The lowest BCUT2D eigenvalue weighted by molar-refractivity contribution is 0.0338. The fourth-order valence-electron chi connectivity index (χ4n) is 1.80. The molecule has 1 unspecified atom stereocenters. The molecule has 2 rings (SSSR count). The highest BCUT2D eigenvalue weighted by atomic mass is 35.5. The molecule has 0 bridgehead atoms. The van der Waals surface area contributed by atoms with Crippen LogP contribution in [-0.4, -0.2) is 11.7 Å². The van der Waals surface area contributed by atoms with Crippen molar-refractivity contribution in [3.63, 3.8) is 0 Å². The van der Waals surface area contributed by atoms with Crippen LogP contribution in [-0.2, 0) is 4.74 Å². The topological polar surface area (TPSA) is 29.5 Å². The van der Waals surface area contributed by atoms with Gasteiger partial charge in [-0.3, -0.25) is 0 Å². The number of rotatable bonds is 1. The fourth-order valence-corrected chi connectivity index (χ4v) is 2.31. The molecular formula is C12H12Cl2O2. The average molecular weight is 259 g/mol. The van der Waals surface area contributed by atoms with Gasteiger partial charge in [0, 0.05) is 10.6 Å². The Bertz CT molecular complexity index is 429. The molecule has 1 saturated heterocycles. The van der Waals surface area contributed by atoms with Crippen molar-refractivity contribution in [1.29, 1.82) is 0 Å². The maximum atomic E-state index is 9.86. The lowest BCUT2D eigenvalue weighted by Gasteiger charge is -2.25. The Kier molecular flexibility index (Phi) is 3.43. The van der Waals surface area contributed by atoms with E-state index in [1.807, 2.05) is 0 Å². The first kappa shape index (κ1) is 11.8. The standard InChI is InChI=1S/C12H12Cl2O2/c1-7-2-3-16-11(4-7)9-5-8(13)6-10(14)12(9)15/h5-6,11,15H,1-4H2. The van der Waals surface area contributed by atoms with E-state index in [0.29, 0.717) is 23.6 Å². The highest BCUT2D eigenvalue weighted by Crippen LogP contribution is 2.40. The predicted octanol–water partition coefficient (Wildman–Crippen LogP) is 4.11. The summed E-state index contributed by atoms with van der Waals surface area (Å²) in [5.41, 5.74) is 1.75. The van der Waals surface area contributed by atoms with Crippen molar-refractivity contribution in [3.8, 4) is 5.75 Å². The van der Waals surface area contributed by atoms with Gasteiger partial charge >= 0.3 is 0 Å². The molecular weight excluding hydrogens is 247 g/mol. The molecule has 0 saturated carbocycles. The molecule has 1 aromatic rings. The van der Waals surface area contributed by atoms with Crippen molar-refractivity contribution in [2.75, 3.05) is 6.61 Å². The molecule has 0 radical (unpaired) electrons. The van der Waals surface area contributed by atoms with Crippen molar-refractivity contribution in [2.45, 2.75) is 18.9 Å². The molecule has 1 aliphatic heterocycles. The van der Waals surface area contributed by atoms with E-state index in [0.717, 1.165) is 12.0 Å². The second-order valence-corrected chi connectivity index (χ2v) is 4.73. The third-order valence-corrected chi connectivity index (χ3v) is 3.16. The molecule has 4 heteroatoms. The minimum atomic E-state index is -0.197. The number of hydrogen-bond donors (Lipinski definition) is 1. The minimum Gasteiger partial charge on any atom is -0.506 e. The molecule has 0 aromatic heterocycles. The van der Waals surface area contributed by atoms with Gasteiger partial charge in [0.05, 0.1) is 17.7 Å². The number of benzene rings is 1. The van der Waals surface area contributed by atoms with Gasteiger partial charge in [-0.1, -0.05) is 35.4 Å². The van der Waals surface area contributed by atoms with Crippen LogP contribution in [0.1, 0.15) is 24.5 Å². The Morgan fingerprint density at radius 1 is 1.38 bits per heavy atom. The molecule has 1 aliphatic rings. The third kappa shape index (κ3) is 2.34. The van der Waals surface area contributed by atoms with Crippen LogP contribution < -0.4 is 0 Å². The molecule has 1 N–H and O–H groups in total. The van der Waals surface area contributed by atoms with Crippen LogP contribution >= 0.6 is 23.2 Å². The number of halogens is 2. The number of phenols is 1. The molecule has 1 fully saturated rings. The van der Waals surface area contributed by atoms with E-state index in [9.17, 15) is 5.11 Å². The quantitative estimate of drug-likeness (QED) is 0.769. The Hall–Kier alpha value is -0.700. The molecule has 1 aromatic carbocycles.